The number of hydrogen-bond acceptors (Lipinski definition) is 2. The Morgan fingerprint density at radius 2 is 1.86 bits per heavy atom. The van der Waals surface area contributed by atoms with Gasteiger partial charge in [0.15, 0.2) is 0 Å². The Balaban J connectivity index is 3.10. The van der Waals surface area contributed by atoms with Gasteiger partial charge in [-0.25, -0.2) is 0 Å². The molecule has 0 saturated carbocycles. The quantitative estimate of drug-likeness (QED) is 0.620. The minimum absolute atomic E-state index is 0.0208. The summed E-state index contributed by atoms with van der Waals surface area (Å²) in [6.45, 7) is 3.81. The molecule has 4 heteroatoms. The van der Waals surface area contributed by atoms with Gasteiger partial charge >= 0.3 is 0 Å². The average molecular weight is 191 g/mol. The van der Waals surface area contributed by atoms with E-state index < -0.39 is 0 Å². The first-order chi connectivity index (χ1) is 6.52. The van der Waals surface area contributed by atoms with Gasteiger partial charge in [-0.1, -0.05) is 0 Å². The van der Waals surface area contributed by atoms with E-state index >= 15 is 0 Å². The molecular formula is C10H13N3O. The van der Waals surface area contributed by atoms with Gasteiger partial charge in [-0.15, -0.1) is 0 Å². The third-order valence-corrected chi connectivity index (χ3v) is 2.61. The summed E-state index contributed by atoms with van der Waals surface area (Å²) in [5.74, 6) is 0. The lowest BCUT2D eigenvalue weighted by Gasteiger charge is -2.00. The molecule has 0 saturated heterocycles. The van der Waals surface area contributed by atoms with E-state index in [0.29, 0.717) is 0 Å². The molecule has 0 aliphatic carbocycles. The first kappa shape index (κ1) is 8.99. The maximum absolute atomic E-state index is 11.8. The van der Waals surface area contributed by atoms with Crippen molar-refractivity contribution < 1.29 is 0 Å². The molecule has 2 aromatic heterocycles. The monoisotopic (exact) mass is 191 g/mol. The molecule has 0 aliphatic heterocycles. The summed E-state index contributed by atoms with van der Waals surface area (Å²) in [7, 11) is 3.64. The smallest absolute Gasteiger partial charge is 0.276 e. The standard InChI is InChI=1S/C10H13N3O/c1-6-5-8-9(7(2)11-6)10(14)13(4)12(8)3/h5H,1-4H3. The van der Waals surface area contributed by atoms with Gasteiger partial charge in [-0.05, 0) is 19.9 Å². The maximum Gasteiger partial charge on any atom is 0.276 e. The Bertz CT molecular complexity index is 563. The van der Waals surface area contributed by atoms with Crippen LogP contribution in [0.5, 0.6) is 0 Å². The number of aryl methyl sites for hydroxylation is 3. The van der Waals surface area contributed by atoms with Crippen molar-refractivity contribution in [3.05, 3.63) is 27.8 Å². The van der Waals surface area contributed by atoms with Crippen molar-refractivity contribution in [3.63, 3.8) is 0 Å². The summed E-state index contributed by atoms with van der Waals surface area (Å²) in [6.07, 6.45) is 0. The van der Waals surface area contributed by atoms with Crippen molar-refractivity contribution in [3.8, 4) is 0 Å². The van der Waals surface area contributed by atoms with Gasteiger partial charge < -0.3 is 0 Å². The Morgan fingerprint density at radius 3 is 2.50 bits per heavy atom. The number of rotatable bonds is 0. The molecule has 0 spiro atoms. The molecule has 0 fully saturated rings. The summed E-state index contributed by atoms with van der Waals surface area (Å²) >= 11 is 0. The van der Waals surface area contributed by atoms with Gasteiger partial charge in [0.2, 0.25) is 0 Å². The molecule has 2 heterocycles. The third-order valence-electron chi connectivity index (χ3n) is 2.61. The van der Waals surface area contributed by atoms with Crippen molar-refractivity contribution in [2.24, 2.45) is 14.1 Å². The first-order valence-electron chi connectivity index (χ1n) is 4.52. The zero-order valence-electron chi connectivity index (χ0n) is 8.83. The third kappa shape index (κ3) is 0.999. The molecule has 0 unspecified atom stereocenters. The van der Waals surface area contributed by atoms with Gasteiger partial charge in [0.25, 0.3) is 5.56 Å². The lowest BCUT2D eigenvalue weighted by molar-refractivity contribution is 0.595. The van der Waals surface area contributed by atoms with E-state index in [2.05, 4.69) is 4.98 Å². The number of nitrogens with zero attached hydrogens (tertiary/aromatic N) is 3. The van der Waals surface area contributed by atoms with E-state index in [-0.39, 0.29) is 5.56 Å². The summed E-state index contributed by atoms with van der Waals surface area (Å²) in [5.41, 5.74) is 2.72. The van der Waals surface area contributed by atoms with Crippen molar-refractivity contribution in [1.82, 2.24) is 14.3 Å². The lowest BCUT2D eigenvalue weighted by Crippen LogP contribution is -2.16. The molecule has 0 atom stereocenters. The molecule has 0 N–H and O–H groups in total. The molecular weight excluding hydrogens is 178 g/mol. The average Bonchev–Trinajstić information content (AvgIpc) is 2.31. The van der Waals surface area contributed by atoms with Crippen LogP contribution in [-0.2, 0) is 14.1 Å². The molecule has 2 rings (SSSR count). The highest BCUT2D eigenvalue weighted by atomic mass is 16.1. The van der Waals surface area contributed by atoms with Crippen LogP contribution in [0.25, 0.3) is 10.9 Å². The minimum atomic E-state index is 0.0208. The lowest BCUT2D eigenvalue weighted by atomic mass is 10.2. The van der Waals surface area contributed by atoms with E-state index in [1.54, 1.807) is 11.7 Å². The molecule has 0 aliphatic rings. The molecule has 74 valence electrons. The number of pyridine rings is 1. The predicted octanol–water partition coefficient (Wildman–Crippen LogP) is 0.889. The second-order valence-corrected chi connectivity index (χ2v) is 3.60. The van der Waals surface area contributed by atoms with Crippen molar-refractivity contribution in [2.75, 3.05) is 0 Å². The SMILES string of the molecule is Cc1cc2c(c(C)n1)c(=O)n(C)n2C. The van der Waals surface area contributed by atoms with Crippen molar-refractivity contribution in [2.45, 2.75) is 13.8 Å². The summed E-state index contributed by atoms with van der Waals surface area (Å²) in [6, 6.07) is 1.93. The van der Waals surface area contributed by atoms with E-state index in [0.717, 1.165) is 22.3 Å². The van der Waals surface area contributed by atoms with E-state index in [1.165, 1.54) is 0 Å². The Kier molecular flexibility index (Phi) is 1.74. The van der Waals surface area contributed by atoms with Crippen LogP contribution in [0, 0.1) is 13.8 Å². The van der Waals surface area contributed by atoms with E-state index in [4.69, 9.17) is 0 Å². The molecule has 0 radical (unpaired) electrons. The zero-order chi connectivity index (χ0) is 10.5. The van der Waals surface area contributed by atoms with Crippen LogP contribution in [0.2, 0.25) is 0 Å². The van der Waals surface area contributed by atoms with Gasteiger partial charge in [-0.2, -0.15) is 0 Å². The second-order valence-electron chi connectivity index (χ2n) is 3.60. The number of aromatic nitrogens is 3. The van der Waals surface area contributed by atoms with Gasteiger partial charge in [0.1, 0.15) is 0 Å². The van der Waals surface area contributed by atoms with Gasteiger partial charge in [0.05, 0.1) is 16.6 Å². The highest BCUT2D eigenvalue weighted by molar-refractivity contribution is 5.81. The van der Waals surface area contributed by atoms with Crippen LogP contribution >= 0.6 is 0 Å². The Labute approximate surface area is 81.8 Å². The summed E-state index contributed by atoms with van der Waals surface area (Å²) < 4.78 is 3.44. The predicted molar refractivity (Wildman–Crippen MR) is 55.4 cm³/mol. The Morgan fingerprint density at radius 1 is 1.21 bits per heavy atom. The normalized spacial score (nSPS) is 11.1. The van der Waals surface area contributed by atoms with Crippen LogP contribution in [0.4, 0.5) is 0 Å². The van der Waals surface area contributed by atoms with Crippen LogP contribution in [0.3, 0.4) is 0 Å². The molecule has 2 aromatic rings. The fraction of sp³-hybridized carbons (Fsp3) is 0.400. The number of fused-ring (bicyclic) bond motifs is 1. The zero-order valence-corrected chi connectivity index (χ0v) is 8.83. The van der Waals surface area contributed by atoms with Crippen LogP contribution < -0.4 is 5.56 Å². The minimum Gasteiger partial charge on any atom is -0.285 e. The van der Waals surface area contributed by atoms with Crippen LogP contribution in [-0.4, -0.2) is 14.3 Å². The highest BCUT2D eigenvalue weighted by Crippen LogP contribution is 2.13. The van der Waals surface area contributed by atoms with E-state index in [1.807, 2.05) is 31.6 Å². The summed E-state index contributed by atoms with van der Waals surface area (Å²) in [5, 5.41) is 0.723. The molecule has 14 heavy (non-hydrogen) atoms. The molecule has 4 nitrogen and oxygen atoms in total. The largest absolute Gasteiger partial charge is 0.285 e. The van der Waals surface area contributed by atoms with Crippen molar-refractivity contribution >= 4 is 10.9 Å². The topological polar surface area (TPSA) is 39.8 Å². The van der Waals surface area contributed by atoms with E-state index in [9.17, 15) is 4.79 Å². The van der Waals surface area contributed by atoms with Gasteiger partial charge in [-0.3, -0.25) is 19.1 Å². The fourth-order valence-corrected chi connectivity index (χ4v) is 1.79. The second kappa shape index (κ2) is 2.70. The van der Waals surface area contributed by atoms with Crippen LogP contribution in [0.15, 0.2) is 10.9 Å². The highest BCUT2D eigenvalue weighted by Gasteiger charge is 2.11. The van der Waals surface area contributed by atoms with Crippen LogP contribution in [0.1, 0.15) is 11.4 Å². The summed E-state index contributed by atoms with van der Waals surface area (Å²) in [4.78, 5) is 16.1. The van der Waals surface area contributed by atoms with Gasteiger partial charge in [0, 0.05) is 19.8 Å². The first-order valence-corrected chi connectivity index (χ1v) is 4.52. The molecule has 0 aromatic carbocycles. The number of hydrogen-bond donors (Lipinski definition) is 0. The molecule has 0 bridgehead atoms. The fourth-order valence-electron chi connectivity index (χ4n) is 1.79. The maximum atomic E-state index is 11.8. The molecule has 0 amide bonds. The Hall–Kier alpha value is -1.58. The van der Waals surface area contributed by atoms with Crippen molar-refractivity contribution in [1.29, 1.82) is 0 Å².